The summed E-state index contributed by atoms with van der Waals surface area (Å²) in [5.41, 5.74) is 0.304. The fraction of sp³-hybridized carbons (Fsp3) is 1.00. The second-order valence-corrected chi connectivity index (χ2v) is 18.0. The molecule has 0 aliphatic carbocycles. The average Bonchev–Trinajstić information content (AvgIpc) is 2.39. The predicted octanol–water partition coefficient (Wildman–Crippen LogP) is 2.11. The summed E-state index contributed by atoms with van der Waals surface area (Å²) in [6.07, 6.45) is 0. The number of rotatable bonds is 2. The summed E-state index contributed by atoms with van der Waals surface area (Å²) in [4.78, 5) is 23.6. The molecule has 24 heavy (non-hydrogen) atoms. The van der Waals surface area contributed by atoms with Gasteiger partial charge in [-0.25, -0.2) is 0 Å². The van der Waals surface area contributed by atoms with E-state index >= 15 is 0 Å². The molecule has 2 N–H and O–H groups in total. The zero-order chi connectivity index (χ0) is 18.7. The van der Waals surface area contributed by atoms with E-state index in [1.807, 2.05) is 28.2 Å². The summed E-state index contributed by atoms with van der Waals surface area (Å²) in [7, 11) is 2.27. The molecular weight excluding hydrogens is 342 g/mol. The van der Waals surface area contributed by atoms with Crippen LogP contribution in [0.1, 0.15) is 34.6 Å². The van der Waals surface area contributed by atoms with E-state index in [0.717, 1.165) is 26.2 Å². The number of hydrogen-bond acceptors (Lipinski definition) is 6. The molecule has 0 saturated carbocycles. The Hall–Kier alpha value is 0.620. The van der Waals surface area contributed by atoms with Crippen molar-refractivity contribution in [3.05, 3.63) is 0 Å². The van der Waals surface area contributed by atoms with Gasteiger partial charge in [0.15, 0.2) is 0 Å². The van der Waals surface area contributed by atoms with Crippen molar-refractivity contribution in [2.75, 3.05) is 54.4 Å². The zero-order valence-corrected chi connectivity index (χ0v) is 19.1. The van der Waals surface area contributed by atoms with Gasteiger partial charge in [0, 0.05) is 0 Å². The van der Waals surface area contributed by atoms with E-state index in [1.54, 1.807) is 0 Å². The zero-order valence-electron chi connectivity index (χ0n) is 17.1. The minimum absolute atomic E-state index is 0.123. The van der Waals surface area contributed by atoms with E-state index in [-0.39, 0.29) is 16.2 Å². The number of hydrogen-bond donors (Lipinski definition) is 2. The van der Waals surface area contributed by atoms with Crippen LogP contribution in [-0.4, -0.2) is 88.2 Å². The van der Waals surface area contributed by atoms with E-state index in [4.69, 9.17) is 0 Å². The van der Waals surface area contributed by atoms with Gasteiger partial charge in [-0.2, -0.15) is 0 Å². The molecule has 2 aliphatic rings. The van der Waals surface area contributed by atoms with E-state index < -0.39 is 15.6 Å². The van der Waals surface area contributed by atoms with Gasteiger partial charge in [0.2, 0.25) is 0 Å². The standard InChI is InChI=1S/C16H40N4O2P2/c1-14(23(21)17(6)10-15(2,3)11-18(23)7)24(22)19(8)12-16(4,5)13-20(24)9/h14,21-24H,10-13H2,1-9H3. The van der Waals surface area contributed by atoms with Crippen LogP contribution >= 0.6 is 15.6 Å². The third-order valence-corrected chi connectivity index (χ3v) is 15.8. The molecule has 0 atom stereocenters. The van der Waals surface area contributed by atoms with Crippen LogP contribution < -0.4 is 0 Å². The summed E-state index contributed by atoms with van der Waals surface area (Å²) in [5.74, 6) is 0. The fourth-order valence-corrected chi connectivity index (χ4v) is 16.5. The van der Waals surface area contributed by atoms with Gasteiger partial charge >= 0.3 is 149 Å². The van der Waals surface area contributed by atoms with Gasteiger partial charge in [-0.15, -0.1) is 0 Å². The fourth-order valence-electron chi connectivity index (χ4n) is 5.30. The van der Waals surface area contributed by atoms with Gasteiger partial charge in [0.25, 0.3) is 0 Å². The molecule has 8 heteroatoms. The summed E-state index contributed by atoms with van der Waals surface area (Å²) < 4.78 is 8.64. The normalized spacial score (nSPS) is 35.3. The molecule has 0 radical (unpaired) electrons. The van der Waals surface area contributed by atoms with Crippen LogP contribution in [0.5, 0.6) is 0 Å². The van der Waals surface area contributed by atoms with Crippen molar-refractivity contribution < 1.29 is 9.79 Å². The molecule has 2 rings (SSSR count). The Bertz CT molecular complexity index is 419. The topological polar surface area (TPSA) is 53.4 Å². The molecule has 2 saturated heterocycles. The number of nitrogens with zero attached hydrogens (tertiary/aromatic N) is 4. The molecule has 0 spiro atoms. The first kappa shape index (κ1) is 20.9. The van der Waals surface area contributed by atoms with Gasteiger partial charge in [-0.05, 0) is 0 Å². The van der Waals surface area contributed by atoms with Crippen molar-refractivity contribution in [1.82, 2.24) is 18.7 Å². The Morgan fingerprint density at radius 3 is 1.08 bits per heavy atom. The predicted molar refractivity (Wildman–Crippen MR) is 109 cm³/mol. The van der Waals surface area contributed by atoms with Crippen LogP contribution in [0.25, 0.3) is 0 Å². The molecule has 0 unspecified atom stereocenters. The molecule has 0 bridgehead atoms. The third-order valence-electron chi connectivity index (χ3n) is 6.07. The van der Waals surface area contributed by atoms with E-state index in [9.17, 15) is 9.79 Å². The van der Waals surface area contributed by atoms with Crippen LogP contribution in [0, 0.1) is 10.8 Å². The Labute approximate surface area is 149 Å². The molecule has 0 amide bonds. The van der Waals surface area contributed by atoms with Gasteiger partial charge < -0.3 is 0 Å². The molecule has 0 aromatic heterocycles. The molecule has 6 nitrogen and oxygen atoms in total. The summed E-state index contributed by atoms with van der Waals surface area (Å²) in [5, 5.41) is -0.123. The van der Waals surface area contributed by atoms with Crippen LogP contribution in [0.3, 0.4) is 0 Å². The molecule has 2 fully saturated rings. The van der Waals surface area contributed by atoms with Crippen molar-refractivity contribution in [3.8, 4) is 0 Å². The van der Waals surface area contributed by atoms with Gasteiger partial charge in [0.1, 0.15) is 0 Å². The van der Waals surface area contributed by atoms with E-state index in [0.29, 0.717) is 0 Å². The van der Waals surface area contributed by atoms with Crippen molar-refractivity contribution in [3.63, 3.8) is 0 Å². The molecule has 0 aromatic rings. The Morgan fingerprint density at radius 1 is 0.667 bits per heavy atom. The van der Waals surface area contributed by atoms with Crippen LogP contribution in [-0.2, 0) is 0 Å². The summed E-state index contributed by atoms with van der Waals surface area (Å²) >= 11 is 0. The Kier molecular flexibility index (Phi) is 5.54. The first-order valence-corrected chi connectivity index (χ1v) is 12.8. The first-order chi connectivity index (χ1) is 10.7. The average molecular weight is 382 g/mol. The first-order valence-electron chi connectivity index (χ1n) is 8.96. The molecule has 2 heterocycles. The van der Waals surface area contributed by atoms with Crippen molar-refractivity contribution >= 4 is 15.6 Å². The molecule has 146 valence electrons. The maximum absolute atomic E-state index is 11.8. The molecule has 0 aromatic carbocycles. The van der Waals surface area contributed by atoms with Gasteiger partial charge in [0.05, 0.1) is 0 Å². The monoisotopic (exact) mass is 382 g/mol. The molecular formula is C16H40N4O2P2. The summed E-state index contributed by atoms with van der Waals surface area (Å²) in [6.45, 7) is 14.5. The second kappa shape index (κ2) is 6.35. The van der Waals surface area contributed by atoms with Crippen LogP contribution in [0.15, 0.2) is 0 Å². The van der Waals surface area contributed by atoms with Crippen molar-refractivity contribution in [2.24, 2.45) is 10.8 Å². The molecule has 2 aliphatic heterocycles. The quantitative estimate of drug-likeness (QED) is 0.714. The SMILES string of the molecule is CC([PH]1(O)N(C)CC(C)(C)CN1C)[PH]1(O)N(C)CC(C)(C)CN1C. The van der Waals surface area contributed by atoms with Crippen LogP contribution in [0.4, 0.5) is 0 Å². The van der Waals surface area contributed by atoms with Gasteiger partial charge in [-0.3, -0.25) is 0 Å². The van der Waals surface area contributed by atoms with Crippen molar-refractivity contribution in [2.45, 2.75) is 40.0 Å². The van der Waals surface area contributed by atoms with Crippen LogP contribution in [0.2, 0.25) is 0 Å². The Balaban J connectivity index is 2.37. The second-order valence-electron chi connectivity index (χ2n) is 9.85. The van der Waals surface area contributed by atoms with E-state index in [1.165, 1.54) is 0 Å². The Morgan fingerprint density at radius 2 is 0.875 bits per heavy atom. The van der Waals surface area contributed by atoms with Gasteiger partial charge in [-0.1, -0.05) is 0 Å². The maximum atomic E-state index is 11.8. The third kappa shape index (κ3) is 3.30. The van der Waals surface area contributed by atoms with E-state index in [2.05, 4.69) is 53.3 Å². The summed E-state index contributed by atoms with van der Waals surface area (Å²) in [6, 6.07) is 0. The van der Waals surface area contributed by atoms with Crippen molar-refractivity contribution in [1.29, 1.82) is 0 Å². The minimum atomic E-state index is -2.93.